The molecule has 1 heterocycles. The number of carbonyl (C=O) groups is 4. The molecule has 7 nitrogen and oxygen atoms in total. The molecule has 9 heteroatoms. The Morgan fingerprint density at radius 2 is 1.58 bits per heavy atom. The highest BCUT2D eigenvalue weighted by atomic mass is 19.2. The van der Waals surface area contributed by atoms with Gasteiger partial charge in [0.05, 0.1) is 0 Å². The summed E-state index contributed by atoms with van der Waals surface area (Å²) in [5.74, 6) is -4.45. The maximum atomic E-state index is 13.2. The van der Waals surface area contributed by atoms with E-state index in [1.807, 2.05) is 12.1 Å². The first-order chi connectivity index (χ1) is 15.8. The number of amides is 3. The van der Waals surface area contributed by atoms with E-state index in [1.54, 1.807) is 24.3 Å². The van der Waals surface area contributed by atoms with Gasteiger partial charge in [0.1, 0.15) is 0 Å². The third-order valence-electron chi connectivity index (χ3n) is 5.19. The number of imide groups is 1. The molecule has 4 rings (SSSR count). The van der Waals surface area contributed by atoms with Crippen LogP contribution in [0.3, 0.4) is 0 Å². The van der Waals surface area contributed by atoms with Gasteiger partial charge in [0.25, 0.3) is 17.7 Å². The van der Waals surface area contributed by atoms with Crippen molar-refractivity contribution in [1.29, 1.82) is 0 Å². The molecule has 3 aromatic carbocycles. The number of hydrogen-bond acceptors (Lipinski definition) is 5. The fraction of sp³-hybridized carbons (Fsp3) is 0.167. The van der Waals surface area contributed by atoms with Crippen molar-refractivity contribution in [3.8, 4) is 0 Å². The lowest BCUT2D eigenvalue weighted by Crippen LogP contribution is -2.41. The van der Waals surface area contributed by atoms with Crippen molar-refractivity contribution in [2.45, 2.75) is 12.8 Å². The molecule has 0 aromatic heterocycles. The molecule has 1 aliphatic heterocycles. The third kappa shape index (κ3) is 4.57. The Bertz CT molecular complexity index is 1240. The summed E-state index contributed by atoms with van der Waals surface area (Å²) in [6, 6.07) is 13.3. The van der Waals surface area contributed by atoms with Crippen LogP contribution in [-0.2, 0) is 14.3 Å². The highest BCUT2D eigenvalue weighted by molar-refractivity contribution is 6.25. The largest absolute Gasteiger partial charge is 0.456 e. The average molecular weight is 452 g/mol. The molecule has 3 aromatic rings. The molecule has 0 unspecified atom stereocenters. The molecule has 1 N–H and O–H groups in total. The SMILES string of the molecule is O=C(COC(=O)CCCN1C(=O)c2cccc3cccc(c23)C1=O)Nc1ccc(F)c(F)c1. The molecule has 1 aliphatic rings. The Labute approximate surface area is 186 Å². The fourth-order valence-corrected chi connectivity index (χ4v) is 3.65. The first-order valence-electron chi connectivity index (χ1n) is 10.1. The number of carbonyl (C=O) groups excluding carboxylic acids is 4. The molecular formula is C24H18F2N2O5. The first kappa shape index (κ1) is 22.1. The second-order valence-electron chi connectivity index (χ2n) is 7.41. The second-order valence-corrected chi connectivity index (χ2v) is 7.41. The van der Waals surface area contributed by atoms with Crippen molar-refractivity contribution in [3.05, 3.63) is 77.4 Å². The van der Waals surface area contributed by atoms with Gasteiger partial charge in [-0.3, -0.25) is 24.1 Å². The number of anilines is 1. The standard InChI is InChI=1S/C24H18F2N2O5/c25-18-10-9-15(12-19(18)26)27-20(29)13-33-21(30)8-3-11-28-23(31)16-6-1-4-14-5-2-7-17(22(14)16)24(28)32/h1-2,4-7,9-10,12H,3,8,11,13H2,(H,27,29). The lowest BCUT2D eigenvalue weighted by molar-refractivity contribution is -0.147. The molecule has 168 valence electrons. The number of esters is 1. The van der Waals surface area contributed by atoms with E-state index < -0.39 is 41.9 Å². The van der Waals surface area contributed by atoms with Crippen LogP contribution in [0, 0.1) is 11.6 Å². The molecule has 0 saturated heterocycles. The summed E-state index contributed by atoms with van der Waals surface area (Å²) >= 11 is 0. The van der Waals surface area contributed by atoms with Gasteiger partial charge < -0.3 is 10.1 Å². The van der Waals surface area contributed by atoms with E-state index in [-0.39, 0.29) is 25.1 Å². The highest BCUT2D eigenvalue weighted by Gasteiger charge is 2.32. The van der Waals surface area contributed by atoms with Crippen LogP contribution in [0.25, 0.3) is 10.8 Å². The van der Waals surface area contributed by atoms with Crippen molar-refractivity contribution in [1.82, 2.24) is 4.90 Å². The topological polar surface area (TPSA) is 92.8 Å². The van der Waals surface area contributed by atoms with Crippen LogP contribution in [0.5, 0.6) is 0 Å². The van der Waals surface area contributed by atoms with E-state index in [2.05, 4.69) is 5.32 Å². The van der Waals surface area contributed by atoms with Gasteiger partial charge in [-0.15, -0.1) is 0 Å². The van der Waals surface area contributed by atoms with Crippen LogP contribution >= 0.6 is 0 Å². The number of halogens is 2. The van der Waals surface area contributed by atoms with Crippen LogP contribution in [0.2, 0.25) is 0 Å². The summed E-state index contributed by atoms with van der Waals surface area (Å²) in [4.78, 5) is 50.5. The van der Waals surface area contributed by atoms with Crippen LogP contribution < -0.4 is 5.32 Å². The van der Waals surface area contributed by atoms with Crippen molar-refractivity contribution >= 4 is 40.2 Å². The number of nitrogens with zero attached hydrogens (tertiary/aromatic N) is 1. The van der Waals surface area contributed by atoms with Crippen LogP contribution in [0.1, 0.15) is 33.6 Å². The van der Waals surface area contributed by atoms with Gasteiger partial charge >= 0.3 is 5.97 Å². The zero-order valence-corrected chi connectivity index (χ0v) is 17.3. The Kier molecular flexibility index (Phi) is 6.12. The van der Waals surface area contributed by atoms with E-state index in [9.17, 15) is 28.0 Å². The summed E-state index contributed by atoms with van der Waals surface area (Å²) in [7, 11) is 0. The summed E-state index contributed by atoms with van der Waals surface area (Å²) in [6.07, 6.45) is 0.0284. The van der Waals surface area contributed by atoms with Gasteiger partial charge in [0.2, 0.25) is 0 Å². The number of rotatable bonds is 7. The maximum Gasteiger partial charge on any atom is 0.306 e. The predicted molar refractivity (Wildman–Crippen MR) is 114 cm³/mol. The van der Waals surface area contributed by atoms with Gasteiger partial charge in [-0.25, -0.2) is 8.78 Å². The Balaban J connectivity index is 1.28. The van der Waals surface area contributed by atoms with Gasteiger partial charge in [-0.05, 0) is 36.1 Å². The quantitative estimate of drug-likeness (QED) is 0.436. The molecular weight excluding hydrogens is 434 g/mol. The zero-order chi connectivity index (χ0) is 23.5. The predicted octanol–water partition coefficient (Wildman–Crippen LogP) is 3.68. The van der Waals surface area contributed by atoms with E-state index >= 15 is 0 Å². The summed E-state index contributed by atoms with van der Waals surface area (Å²) in [5, 5.41) is 3.71. The normalized spacial score (nSPS) is 12.7. The molecule has 0 spiro atoms. The zero-order valence-electron chi connectivity index (χ0n) is 17.3. The fourth-order valence-electron chi connectivity index (χ4n) is 3.65. The molecule has 0 saturated carbocycles. The smallest absolute Gasteiger partial charge is 0.306 e. The Hall–Kier alpha value is -4.14. The number of hydrogen-bond donors (Lipinski definition) is 1. The van der Waals surface area contributed by atoms with Crippen molar-refractivity contribution in [2.24, 2.45) is 0 Å². The minimum Gasteiger partial charge on any atom is -0.456 e. The van der Waals surface area contributed by atoms with Gasteiger partial charge in [-0.2, -0.15) is 0 Å². The van der Waals surface area contributed by atoms with E-state index in [0.717, 1.165) is 22.4 Å². The van der Waals surface area contributed by atoms with Crippen molar-refractivity contribution < 1.29 is 32.7 Å². The van der Waals surface area contributed by atoms with E-state index in [0.29, 0.717) is 16.5 Å². The van der Waals surface area contributed by atoms with Crippen molar-refractivity contribution in [2.75, 3.05) is 18.5 Å². The summed E-state index contributed by atoms with van der Waals surface area (Å²) in [5.41, 5.74) is 0.880. The molecule has 0 aliphatic carbocycles. The van der Waals surface area contributed by atoms with E-state index in [1.165, 1.54) is 6.07 Å². The Morgan fingerprint density at radius 3 is 2.21 bits per heavy atom. The first-order valence-corrected chi connectivity index (χ1v) is 10.1. The van der Waals surface area contributed by atoms with Crippen molar-refractivity contribution in [3.63, 3.8) is 0 Å². The van der Waals surface area contributed by atoms with Crippen LogP contribution in [0.15, 0.2) is 54.6 Å². The number of ether oxygens (including phenoxy) is 1. The summed E-state index contributed by atoms with van der Waals surface area (Å²) in [6.45, 7) is -0.604. The lowest BCUT2D eigenvalue weighted by Gasteiger charge is -2.27. The average Bonchev–Trinajstić information content (AvgIpc) is 2.80. The van der Waals surface area contributed by atoms with Gasteiger partial charge in [0, 0.05) is 41.2 Å². The molecule has 0 atom stereocenters. The lowest BCUT2D eigenvalue weighted by atomic mass is 9.94. The molecule has 3 amide bonds. The number of nitrogens with one attached hydrogen (secondary N) is 1. The van der Waals surface area contributed by atoms with Gasteiger partial charge in [0.15, 0.2) is 18.2 Å². The van der Waals surface area contributed by atoms with Gasteiger partial charge in [-0.1, -0.05) is 24.3 Å². The Morgan fingerprint density at radius 1 is 0.909 bits per heavy atom. The monoisotopic (exact) mass is 452 g/mol. The molecule has 0 fully saturated rings. The van der Waals surface area contributed by atoms with Crippen LogP contribution in [-0.4, -0.2) is 41.7 Å². The second kappa shape index (κ2) is 9.15. The summed E-state index contributed by atoms with van der Waals surface area (Å²) < 4.78 is 31.0. The molecule has 33 heavy (non-hydrogen) atoms. The third-order valence-corrected chi connectivity index (χ3v) is 5.19. The molecule has 0 bridgehead atoms. The number of benzene rings is 3. The maximum absolute atomic E-state index is 13.2. The minimum atomic E-state index is -1.12. The van der Waals surface area contributed by atoms with Crippen LogP contribution in [0.4, 0.5) is 14.5 Å². The molecule has 0 radical (unpaired) electrons. The van der Waals surface area contributed by atoms with E-state index in [4.69, 9.17) is 4.74 Å². The minimum absolute atomic E-state index is 0.0124. The highest BCUT2D eigenvalue weighted by Crippen LogP contribution is 2.30.